The van der Waals surface area contributed by atoms with E-state index in [4.69, 9.17) is 17.3 Å². The number of fused-ring (bicyclic) bond motifs is 1. The zero-order chi connectivity index (χ0) is 15.4. The van der Waals surface area contributed by atoms with Gasteiger partial charge >= 0.3 is 5.97 Å². The second kappa shape index (κ2) is 5.92. The molecule has 1 amide bonds. The molecule has 0 aliphatic carbocycles. The van der Waals surface area contributed by atoms with Gasteiger partial charge in [-0.05, 0) is 12.1 Å². The number of terminal acetylenes is 1. The van der Waals surface area contributed by atoms with Crippen LogP contribution in [0, 0.1) is 12.3 Å². The van der Waals surface area contributed by atoms with Crippen molar-refractivity contribution in [3.8, 4) is 12.3 Å². The monoisotopic (exact) mass is 283 g/mol. The number of carbonyl (C=O) groups is 2. The number of carboxylic acid groups (broad SMARTS) is 1. The molecule has 2 aromatic rings. The van der Waals surface area contributed by atoms with Crippen molar-refractivity contribution in [3.63, 3.8) is 0 Å². The van der Waals surface area contributed by atoms with Gasteiger partial charge in [-0.25, -0.2) is 9.78 Å². The summed E-state index contributed by atoms with van der Waals surface area (Å²) >= 11 is 0. The molecule has 1 unspecified atom stereocenters. The quantitative estimate of drug-likeness (QED) is 0.727. The van der Waals surface area contributed by atoms with E-state index in [1.807, 2.05) is 6.07 Å². The largest absolute Gasteiger partial charge is 0.480 e. The second-order valence-corrected chi connectivity index (χ2v) is 4.39. The fourth-order valence-electron chi connectivity index (χ4n) is 1.87. The Hall–Kier alpha value is -3.07. The lowest BCUT2D eigenvalue weighted by Gasteiger charge is -2.12. The van der Waals surface area contributed by atoms with Crippen LogP contribution in [0.2, 0.25) is 0 Å². The first-order valence-corrected chi connectivity index (χ1v) is 6.15. The first kappa shape index (κ1) is 14.3. The fourth-order valence-corrected chi connectivity index (χ4v) is 1.87. The highest BCUT2D eigenvalue weighted by Gasteiger charge is 2.20. The summed E-state index contributed by atoms with van der Waals surface area (Å²) in [5.74, 6) is 0.378. The molecular formula is C15H13N3O3. The molecule has 2 rings (SSSR count). The Labute approximate surface area is 121 Å². The smallest absolute Gasteiger partial charge is 0.327 e. The molecule has 0 saturated carbocycles. The number of nitrogens with two attached hydrogens (primary N) is 1. The number of aromatic nitrogens is 1. The van der Waals surface area contributed by atoms with Crippen LogP contribution >= 0.6 is 0 Å². The number of benzene rings is 1. The van der Waals surface area contributed by atoms with Gasteiger partial charge in [0.05, 0.1) is 5.52 Å². The summed E-state index contributed by atoms with van der Waals surface area (Å²) in [6.45, 7) is 0. The van der Waals surface area contributed by atoms with E-state index in [2.05, 4.69) is 16.2 Å². The number of carbonyl (C=O) groups excluding carboxylic acids is 1. The van der Waals surface area contributed by atoms with Crippen molar-refractivity contribution in [1.82, 2.24) is 10.3 Å². The number of amides is 1. The Bertz CT molecular complexity index is 749. The van der Waals surface area contributed by atoms with E-state index >= 15 is 0 Å². The van der Waals surface area contributed by atoms with Gasteiger partial charge in [0.1, 0.15) is 11.7 Å². The maximum atomic E-state index is 12.1. The van der Waals surface area contributed by atoms with Crippen LogP contribution in [-0.4, -0.2) is 28.0 Å². The SMILES string of the molecule is C#CCC(NC(=O)c1cc(N)c2ccccc2n1)C(=O)O. The van der Waals surface area contributed by atoms with Gasteiger partial charge in [-0.15, -0.1) is 12.3 Å². The number of hydrogen-bond donors (Lipinski definition) is 3. The van der Waals surface area contributed by atoms with Gasteiger partial charge in [0.15, 0.2) is 0 Å². The minimum Gasteiger partial charge on any atom is -0.480 e. The molecule has 0 aliphatic heterocycles. The first-order chi connectivity index (χ1) is 10.0. The minimum absolute atomic E-state index is 0.0504. The van der Waals surface area contributed by atoms with E-state index in [9.17, 15) is 9.59 Å². The summed E-state index contributed by atoms with van der Waals surface area (Å²) < 4.78 is 0. The molecule has 1 heterocycles. The van der Waals surface area contributed by atoms with Crippen LogP contribution in [0.1, 0.15) is 16.9 Å². The van der Waals surface area contributed by atoms with E-state index in [-0.39, 0.29) is 12.1 Å². The molecule has 6 nitrogen and oxygen atoms in total. The number of para-hydroxylation sites is 1. The Morgan fingerprint density at radius 3 is 2.81 bits per heavy atom. The molecule has 0 radical (unpaired) electrons. The van der Waals surface area contributed by atoms with Crippen molar-refractivity contribution in [2.75, 3.05) is 5.73 Å². The predicted molar refractivity (Wildman–Crippen MR) is 78.5 cm³/mol. The number of aliphatic carboxylic acids is 1. The van der Waals surface area contributed by atoms with E-state index in [1.54, 1.807) is 18.2 Å². The van der Waals surface area contributed by atoms with Crippen LogP contribution in [0.3, 0.4) is 0 Å². The summed E-state index contributed by atoms with van der Waals surface area (Å²) in [7, 11) is 0. The molecule has 6 heteroatoms. The van der Waals surface area contributed by atoms with E-state index in [0.29, 0.717) is 11.2 Å². The van der Waals surface area contributed by atoms with Crippen LogP contribution in [-0.2, 0) is 4.79 Å². The lowest BCUT2D eigenvalue weighted by molar-refractivity contribution is -0.139. The highest BCUT2D eigenvalue weighted by atomic mass is 16.4. The molecular weight excluding hydrogens is 270 g/mol. The zero-order valence-corrected chi connectivity index (χ0v) is 11.0. The number of nitrogens with one attached hydrogen (secondary N) is 1. The zero-order valence-electron chi connectivity index (χ0n) is 11.0. The highest BCUT2D eigenvalue weighted by Crippen LogP contribution is 2.20. The third-order valence-electron chi connectivity index (χ3n) is 2.91. The average Bonchev–Trinajstić information content (AvgIpc) is 2.46. The Morgan fingerprint density at radius 1 is 1.43 bits per heavy atom. The second-order valence-electron chi connectivity index (χ2n) is 4.39. The Morgan fingerprint density at radius 2 is 2.14 bits per heavy atom. The maximum absolute atomic E-state index is 12.1. The van der Waals surface area contributed by atoms with Crippen LogP contribution in [0.4, 0.5) is 5.69 Å². The summed E-state index contributed by atoms with van der Waals surface area (Å²) in [4.78, 5) is 27.2. The van der Waals surface area contributed by atoms with Gasteiger partial charge in [-0.1, -0.05) is 18.2 Å². The lowest BCUT2D eigenvalue weighted by Crippen LogP contribution is -2.40. The first-order valence-electron chi connectivity index (χ1n) is 6.15. The Kier molecular flexibility index (Phi) is 4.05. The number of carboxylic acids is 1. The molecule has 0 saturated heterocycles. The van der Waals surface area contributed by atoms with Crippen molar-refractivity contribution < 1.29 is 14.7 Å². The van der Waals surface area contributed by atoms with Gasteiger partial charge in [-0.2, -0.15) is 0 Å². The van der Waals surface area contributed by atoms with Gasteiger partial charge in [0, 0.05) is 17.5 Å². The highest BCUT2D eigenvalue weighted by molar-refractivity contribution is 6.00. The van der Waals surface area contributed by atoms with Crippen LogP contribution in [0.5, 0.6) is 0 Å². The van der Waals surface area contributed by atoms with E-state index in [0.717, 1.165) is 5.39 Å². The van der Waals surface area contributed by atoms with Crippen molar-refractivity contribution >= 4 is 28.5 Å². The number of hydrogen-bond acceptors (Lipinski definition) is 4. The predicted octanol–water partition coefficient (Wildman–Crippen LogP) is 1.02. The minimum atomic E-state index is -1.20. The molecule has 0 fully saturated rings. The van der Waals surface area contributed by atoms with Crippen LogP contribution in [0.25, 0.3) is 10.9 Å². The van der Waals surface area contributed by atoms with Gasteiger partial charge < -0.3 is 16.2 Å². The number of nitrogens with zero attached hydrogens (tertiary/aromatic N) is 1. The van der Waals surface area contributed by atoms with Gasteiger partial charge in [-0.3, -0.25) is 4.79 Å². The summed E-state index contributed by atoms with van der Waals surface area (Å²) in [5.41, 5.74) is 6.89. The average molecular weight is 283 g/mol. The molecule has 0 aliphatic rings. The lowest BCUT2D eigenvalue weighted by atomic mass is 10.1. The summed E-state index contributed by atoms with van der Waals surface area (Å²) in [6, 6.07) is 7.35. The fraction of sp³-hybridized carbons (Fsp3) is 0.133. The normalized spacial score (nSPS) is 11.6. The van der Waals surface area contributed by atoms with E-state index in [1.165, 1.54) is 6.07 Å². The molecule has 106 valence electrons. The summed E-state index contributed by atoms with van der Waals surface area (Å²) in [6.07, 6.45) is 4.97. The van der Waals surface area contributed by atoms with Crippen molar-refractivity contribution in [2.24, 2.45) is 0 Å². The molecule has 1 aromatic carbocycles. The molecule has 0 spiro atoms. The number of nitrogen functional groups attached to an aromatic ring is 1. The number of pyridine rings is 1. The molecule has 4 N–H and O–H groups in total. The van der Waals surface area contributed by atoms with Crippen molar-refractivity contribution in [3.05, 3.63) is 36.0 Å². The Balaban J connectivity index is 2.31. The third-order valence-corrected chi connectivity index (χ3v) is 2.91. The van der Waals surface area contributed by atoms with E-state index < -0.39 is 17.9 Å². The van der Waals surface area contributed by atoms with Crippen molar-refractivity contribution in [1.29, 1.82) is 0 Å². The summed E-state index contributed by atoms with van der Waals surface area (Å²) in [5, 5.41) is 12.0. The van der Waals surface area contributed by atoms with Crippen LogP contribution < -0.4 is 11.1 Å². The standard InChI is InChI=1S/C15H13N3O3/c1-2-5-12(15(20)21)18-14(19)13-8-10(16)9-6-3-4-7-11(9)17-13/h1,3-4,6-8,12H,5H2,(H2,16,17)(H,18,19)(H,20,21). The topological polar surface area (TPSA) is 105 Å². The van der Waals surface area contributed by atoms with Gasteiger partial charge in [0.25, 0.3) is 5.91 Å². The third kappa shape index (κ3) is 3.09. The molecule has 1 aromatic heterocycles. The van der Waals surface area contributed by atoms with Gasteiger partial charge in [0.2, 0.25) is 0 Å². The maximum Gasteiger partial charge on any atom is 0.327 e. The molecule has 1 atom stereocenters. The number of anilines is 1. The van der Waals surface area contributed by atoms with Crippen LogP contribution in [0.15, 0.2) is 30.3 Å². The van der Waals surface area contributed by atoms with Crippen molar-refractivity contribution in [2.45, 2.75) is 12.5 Å². The molecule has 21 heavy (non-hydrogen) atoms. The molecule has 0 bridgehead atoms. The number of rotatable bonds is 4.